The summed E-state index contributed by atoms with van der Waals surface area (Å²) >= 11 is 0. The van der Waals surface area contributed by atoms with Crippen molar-refractivity contribution in [3.05, 3.63) is 0 Å². The topological polar surface area (TPSA) is 77.2 Å². The van der Waals surface area contributed by atoms with Gasteiger partial charge in [0, 0.05) is 33.3 Å². The Morgan fingerprint density at radius 1 is 1.17 bits per heavy atom. The third-order valence-electron chi connectivity index (χ3n) is 5.23. The fourth-order valence-corrected chi connectivity index (χ4v) is 5.46. The normalized spacial score (nSPS) is 29.2. The van der Waals surface area contributed by atoms with E-state index in [2.05, 4.69) is 19.0 Å². The standard InChI is InChI=1S/C16H36N2O4Si/c1-18(2)11-6-7-15-13-14(8-10-16(15,17)19)9-12-23(20-3,21-4)22-5/h14-15,19H,6-13,17H2,1-5H3. The summed E-state index contributed by atoms with van der Waals surface area (Å²) in [5.74, 6) is 0.723. The van der Waals surface area contributed by atoms with Gasteiger partial charge in [0.15, 0.2) is 0 Å². The molecule has 6 nitrogen and oxygen atoms in total. The van der Waals surface area contributed by atoms with Crippen molar-refractivity contribution >= 4 is 8.80 Å². The predicted molar refractivity (Wildman–Crippen MR) is 94.0 cm³/mol. The van der Waals surface area contributed by atoms with Crippen molar-refractivity contribution in [2.45, 2.75) is 50.3 Å². The van der Waals surface area contributed by atoms with E-state index in [9.17, 15) is 5.11 Å². The van der Waals surface area contributed by atoms with Gasteiger partial charge in [-0.15, -0.1) is 0 Å². The average Bonchev–Trinajstić information content (AvgIpc) is 2.51. The lowest BCUT2D eigenvalue weighted by molar-refractivity contribution is -0.0617. The Kier molecular flexibility index (Phi) is 8.64. The highest BCUT2D eigenvalue weighted by Crippen LogP contribution is 2.39. The van der Waals surface area contributed by atoms with Gasteiger partial charge in [-0.3, -0.25) is 0 Å². The van der Waals surface area contributed by atoms with Crippen molar-refractivity contribution in [3.8, 4) is 0 Å². The van der Waals surface area contributed by atoms with Crippen LogP contribution in [0.2, 0.25) is 6.04 Å². The van der Waals surface area contributed by atoms with Crippen molar-refractivity contribution in [2.24, 2.45) is 17.6 Å². The minimum atomic E-state index is -2.50. The van der Waals surface area contributed by atoms with E-state index < -0.39 is 14.5 Å². The highest BCUT2D eigenvalue weighted by molar-refractivity contribution is 6.60. The second kappa shape index (κ2) is 9.46. The molecule has 1 aliphatic rings. The maximum atomic E-state index is 10.5. The summed E-state index contributed by atoms with van der Waals surface area (Å²) in [5.41, 5.74) is 5.13. The number of hydrogen-bond donors (Lipinski definition) is 2. The van der Waals surface area contributed by atoms with Crippen LogP contribution in [0.1, 0.15) is 38.5 Å². The van der Waals surface area contributed by atoms with Crippen LogP contribution in [0.4, 0.5) is 0 Å². The molecule has 0 heterocycles. The van der Waals surface area contributed by atoms with Crippen LogP contribution in [-0.4, -0.2) is 66.5 Å². The summed E-state index contributed by atoms with van der Waals surface area (Å²) in [5, 5.41) is 10.5. The van der Waals surface area contributed by atoms with Crippen LogP contribution in [-0.2, 0) is 13.3 Å². The third kappa shape index (κ3) is 6.41. The molecule has 1 saturated carbocycles. The van der Waals surface area contributed by atoms with Crippen LogP contribution in [0.15, 0.2) is 0 Å². The molecular weight excluding hydrogens is 312 g/mol. The molecule has 23 heavy (non-hydrogen) atoms. The number of hydrogen-bond acceptors (Lipinski definition) is 6. The Morgan fingerprint density at radius 3 is 2.30 bits per heavy atom. The molecule has 3 atom stereocenters. The van der Waals surface area contributed by atoms with E-state index in [0.29, 0.717) is 12.3 Å². The molecule has 0 radical (unpaired) electrons. The molecule has 0 aromatic carbocycles. The lowest BCUT2D eigenvalue weighted by Gasteiger charge is -2.41. The van der Waals surface area contributed by atoms with Crippen LogP contribution in [0.5, 0.6) is 0 Å². The molecule has 0 amide bonds. The van der Waals surface area contributed by atoms with Gasteiger partial charge in [-0.25, -0.2) is 0 Å². The summed E-state index contributed by atoms with van der Waals surface area (Å²) in [6, 6.07) is 0.814. The third-order valence-corrected chi connectivity index (χ3v) is 7.99. The van der Waals surface area contributed by atoms with E-state index in [1.807, 2.05) is 0 Å². The van der Waals surface area contributed by atoms with Gasteiger partial charge in [-0.1, -0.05) is 0 Å². The van der Waals surface area contributed by atoms with Crippen molar-refractivity contribution < 1.29 is 18.4 Å². The Hall–Kier alpha value is -0.0231. The maximum Gasteiger partial charge on any atom is 0.500 e. The average molecular weight is 349 g/mol. The molecule has 3 unspecified atom stereocenters. The second-order valence-electron chi connectivity index (χ2n) is 7.11. The first-order valence-electron chi connectivity index (χ1n) is 8.60. The molecule has 0 aromatic heterocycles. The predicted octanol–water partition coefficient (Wildman–Crippen LogP) is 1.66. The molecule has 138 valence electrons. The minimum absolute atomic E-state index is 0.171. The van der Waals surface area contributed by atoms with Gasteiger partial charge in [-0.05, 0) is 65.1 Å². The van der Waals surface area contributed by atoms with Gasteiger partial charge in [-0.2, -0.15) is 0 Å². The first-order chi connectivity index (χ1) is 10.8. The van der Waals surface area contributed by atoms with Crippen LogP contribution in [0, 0.1) is 11.8 Å². The molecule has 3 N–H and O–H groups in total. The van der Waals surface area contributed by atoms with Gasteiger partial charge in [0.25, 0.3) is 0 Å². The molecule has 0 saturated heterocycles. The molecule has 0 aliphatic heterocycles. The summed E-state index contributed by atoms with van der Waals surface area (Å²) in [7, 11) is 6.61. The van der Waals surface area contributed by atoms with Gasteiger partial charge < -0.3 is 29.0 Å². The summed E-state index contributed by atoms with van der Waals surface area (Å²) in [6.45, 7) is 1.03. The quantitative estimate of drug-likeness (QED) is 0.462. The lowest BCUT2D eigenvalue weighted by Crippen LogP contribution is -2.51. The largest absolute Gasteiger partial charge is 0.500 e. The Morgan fingerprint density at radius 2 is 1.78 bits per heavy atom. The number of rotatable bonds is 10. The van der Waals surface area contributed by atoms with Crippen LogP contribution >= 0.6 is 0 Å². The molecule has 1 fully saturated rings. The fourth-order valence-electron chi connectivity index (χ4n) is 3.58. The van der Waals surface area contributed by atoms with Gasteiger partial charge in [0.2, 0.25) is 0 Å². The SMILES string of the molecule is CO[Si](CCC1CCC(N)(O)C(CCCN(C)C)C1)(OC)OC. The molecule has 7 heteroatoms. The Bertz CT molecular complexity index is 330. The van der Waals surface area contributed by atoms with Gasteiger partial charge >= 0.3 is 8.80 Å². The monoisotopic (exact) mass is 348 g/mol. The summed E-state index contributed by atoms with van der Waals surface area (Å²) in [4.78, 5) is 2.17. The molecule has 1 rings (SSSR count). The number of nitrogens with two attached hydrogens (primary N) is 1. The first kappa shape index (κ1) is 21.0. The Labute approximate surface area is 142 Å². The maximum absolute atomic E-state index is 10.5. The minimum Gasteiger partial charge on any atom is -0.377 e. The lowest BCUT2D eigenvalue weighted by atomic mass is 9.73. The molecule has 0 bridgehead atoms. The van der Waals surface area contributed by atoms with E-state index in [-0.39, 0.29) is 5.92 Å². The summed E-state index contributed by atoms with van der Waals surface area (Å²) in [6.07, 6.45) is 5.65. The van der Waals surface area contributed by atoms with Crippen molar-refractivity contribution in [1.82, 2.24) is 4.90 Å². The highest BCUT2D eigenvalue weighted by Gasteiger charge is 2.42. The van der Waals surface area contributed by atoms with Crippen LogP contribution in [0.25, 0.3) is 0 Å². The van der Waals surface area contributed by atoms with Gasteiger partial charge in [0.05, 0.1) is 0 Å². The zero-order chi connectivity index (χ0) is 17.5. The van der Waals surface area contributed by atoms with Gasteiger partial charge in [0.1, 0.15) is 5.72 Å². The van der Waals surface area contributed by atoms with E-state index in [0.717, 1.165) is 44.7 Å². The smallest absolute Gasteiger partial charge is 0.377 e. The zero-order valence-electron chi connectivity index (χ0n) is 15.5. The Balaban J connectivity index is 2.52. The second-order valence-corrected chi connectivity index (χ2v) is 10.2. The van der Waals surface area contributed by atoms with Crippen molar-refractivity contribution in [1.29, 1.82) is 0 Å². The number of aliphatic hydroxyl groups is 1. The van der Waals surface area contributed by atoms with E-state index in [1.54, 1.807) is 21.3 Å². The summed E-state index contributed by atoms with van der Waals surface area (Å²) < 4.78 is 16.5. The van der Waals surface area contributed by atoms with E-state index in [1.165, 1.54) is 0 Å². The molecule has 0 aromatic rings. The molecule has 1 aliphatic carbocycles. The van der Waals surface area contributed by atoms with Crippen LogP contribution in [0.3, 0.4) is 0 Å². The molecular formula is C16H36N2O4Si. The van der Waals surface area contributed by atoms with Crippen molar-refractivity contribution in [3.63, 3.8) is 0 Å². The fraction of sp³-hybridized carbons (Fsp3) is 1.00. The number of nitrogens with zero attached hydrogens (tertiary/aromatic N) is 1. The first-order valence-corrected chi connectivity index (χ1v) is 10.5. The highest BCUT2D eigenvalue weighted by atomic mass is 28.4. The van der Waals surface area contributed by atoms with E-state index >= 15 is 0 Å². The zero-order valence-corrected chi connectivity index (χ0v) is 16.5. The molecule has 0 spiro atoms. The van der Waals surface area contributed by atoms with E-state index in [4.69, 9.17) is 19.0 Å². The van der Waals surface area contributed by atoms with Crippen molar-refractivity contribution in [2.75, 3.05) is 42.0 Å². The van der Waals surface area contributed by atoms with Crippen LogP contribution < -0.4 is 5.73 Å².